The summed E-state index contributed by atoms with van der Waals surface area (Å²) >= 11 is 0. The first-order chi connectivity index (χ1) is 5.95. The molecule has 2 atom stereocenters. The van der Waals surface area contributed by atoms with Crippen LogP contribution in [0.5, 0.6) is 0 Å². The van der Waals surface area contributed by atoms with Gasteiger partial charge in [-0.15, -0.1) is 6.08 Å². The highest BCUT2D eigenvalue weighted by molar-refractivity contribution is 5.31. The van der Waals surface area contributed by atoms with E-state index in [9.17, 15) is 0 Å². The lowest BCUT2D eigenvalue weighted by atomic mass is 9.71. The van der Waals surface area contributed by atoms with E-state index in [1.807, 2.05) is 0 Å². The van der Waals surface area contributed by atoms with Crippen molar-refractivity contribution < 1.29 is 0 Å². The largest absolute Gasteiger partial charge is 0.196 e. The Morgan fingerprint density at radius 2 is 1.92 bits per heavy atom. The van der Waals surface area contributed by atoms with Crippen LogP contribution < -0.4 is 0 Å². The molecule has 0 aromatic rings. The second-order valence-electron chi connectivity index (χ2n) is 5.07. The molecule has 1 aliphatic rings. The van der Waals surface area contributed by atoms with Gasteiger partial charge in [-0.2, -0.15) is 24.1 Å². The van der Waals surface area contributed by atoms with Crippen molar-refractivity contribution in [1.82, 2.24) is 0 Å². The quantitative estimate of drug-likeness (QED) is 0.531. The monoisotopic (exact) mass is 177 g/mol. The standard InChI is InChI=1S/C13H21/c1-6-11-7-8-12(10(2)9-11)13(3,4)5/h6-10,12H,1-5H3/q-1. The summed E-state index contributed by atoms with van der Waals surface area (Å²) in [5.74, 6) is 1.34. The Kier molecular flexibility index (Phi) is 2.90. The van der Waals surface area contributed by atoms with Crippen molar-refractivity contribution in [3.8, 4) is 0 Å². The van der Waals surface area contributed by atoms with E-state index in [-0.39, 0.29) is 0 Å². The molecule has 0 amide bonds. The van der Waals surface area contributed by atoms with Crippen LogP contribution in [0.3, 0.4) is 0 Å². The summed E-state index contributed by atoms with van der Waals surface area (Å²) in [4.78, 5) is 0. The average molecular weight is 177 g/mol. The fourth-order valence-corrected chi connectivity index (χ4v) is 2.12. The molecule has 74 valence electrons. The van der Waals surface area contributed by atoms with Gasteiger partial charge in [0.15, 0.2) is 0 Å². The Morgan fingerprint density at radius 3 is 2.31 bits per heavy atom. The Labute approximate surface area is 82.7 Å². The maximum atomic E-state index is 2.37. The third kappa shape index (κ3) is 2.40. The molecule has 1 rings (SSSR count). The molecule has 0 aromatic carbocycles. The topological polar surface area (TPSA) is 0 Å². The molecular formula is C13H21-. The molecule has 1 aliphatic carbocycles. The first-order valence-electron chi connectivity index (χ1n) is 5.14. The van der Waals surface area contributed by atoms with Gasteiger partial charge in [-0.25, -0.2) is 0 Å². The molecule has 13 heavy (non-hydrogen) atoms. The molecule has 0 saturated heterocycles. The van der Waals surface area contributed by atoms with Crippen LogP contribution in [-0.4, -0.2) is 0 Å². The molecule has 0 spiro atoms. The predicted octanol–water partition coefficient (Wildman–Crippen LogP) is 4.01. The first kappa shape index (κ1) is 10.4. The third-order valence-corrected chi connectivity index (χ3v) is 2.85. The third-order valence-electron chi connectivity index (χ3n) is 2.85. The fourth-order valence-electron chi connectivity index (χ4n) is 2.12. The van der Waals surface area contributed by atoms with Crippen LogP contribution in [0, 0.1) is 23.7 Å². The van der Waals surface area contributed by atoms with Crippen LogP contribution in [0.25, 0.3) is 0 Å². The molecule has 0 bridgehead atoms. The fraction of sp³-hybridized carbons (Fsp3) is 0.615. The maximum absolute atomic E-state index is 2.37. The van der Waals surface area contributed by atoms with Gasteiger partial charge in [-0.1, -0.05) is 40.5 Å². The van der Waals surface area contributed by atoms with Crippen LogP contribution in [0.1, 0.15) is 34.6 Å². The van der Waals surface area contributed by atoms with Gasteiger partial charge in [0.1, 0.15) is 0 Å². The second kappa shape index (κ2) is 3.61. The van der Waals surface area contributed by atoms with E-state index < -0.39 is 0 Å². The van der Waals surface area contributed by atoms with Crippen LogP contribution >= 0.6 is 0 Å². The zero-order valence-corrected chi connectivity index (χ0v) is 9.46. The highest BCUT2D eigenvalue weighted by Gasteiger charge is 2.25. The SMILES string of the molecule is C[CH-]C1=CC(C)C(C(C)(C)C)C=C1. The lowest BCUT2D eigenvalue weighted by Gasteiger charge is -2.37. The molecular weight excluding hydrogens is 156 g/mol. The minimum atomic E-state index is 0.381. The van der Waals surface area contributed by atoms with Gasteiger partial charge in [0, 0.05) is 0 Å². The summed E-state index contributed by atoms with van der Waals surface area (Å²) in [7, 11) is 0. The molecule has 0 aliphatic heterocycles. The van der Waals surface area contributed by atoms with Gasteiger partial charge in [0.25, 0.3) is 0 Å². The molecule has 0 fully saturated rings. The summed E-state index contributed by atoms with van der Waals surface area (Å²) in [6.45, 7) is 11.3. The van der Waals surface area contributed by atoms with Gasteiger partial charge >= 0.3 is 0 Å². The van der Waals surface area contributed by atoms with E-state index in [1.54, 1.807) is 0 Å². The maximum Gasteiger partial charge on any atom is -0.0334 e. The van der Waals surface area contributed by atoms with Gasteiger partial charge in [0.05, 0.1) is 0 Å². The van der Waals surface area contributed by atoms with Crippen molar-refractivity contribution in [2.24, 2.45) is 17.3 Å². The number of hydrogen-bond donors (Lipinski definition) is 0. The van der Waals surface area contributed by atoms with Crippen molar-refractivity contribution in [3.05, 3.63) is 30.2 Å². The van der Waals surface area contributed by atoms with Crippen molar-refractivity contribution >= 4 is 0 Å². The van der Waals surface area contributed by atoms with Gasteiger partial charge < -0.3 is 0 Å². The normalized spacial score (nSPS) is 28.5. The number of rotatable bonds is 1. The molecule has 0 heterocycles. The zero-order chi connectivity index (χ0) is 10.1. The van der Waals surface area contributed by atoms with Crippen LogP contribution in [-0.2, 0) is 0 Å². The highest BCUT2D eigenvalue weighted by Crippen LogP contribution is 2.37. The number of allylic oxidation sites excluding steroid dienone is 4. The van der Waals surface area contributed by atoms with Crippen LogP contribution in [0.2, 0.25) is 0 Å². The molecule has 0 aromatic heterocycles. The molecule has 2 unspecified atom stereocenters. The van der Waals surface area contributed by atoms with E-state index >= 15 is 0 Å². The Morgan fingerprint density at radius 1 is 1.31 bits per heavy atom. The minimum absolute atomic E-state index is 0.381. The van der Waals surface area contributed by atoms with E-state index in [4.69, 9.17) is 0 Å². The average Bonchev–Trinajstić information content (AvgIpc) is 2.01. The first-order valence-corrected chi connectivity index (χ1v) is 5.14. The summed E-state index contributed by atoms with van der Waals surface area (Å²) in [6.07, 6.45) is 9.15. The van der Waals surface area contributed by atoms with Crippen molar-refractivity contribution in [2.75, 3.05) is 0 Å². The molecule has 0 heteroatoms. The molecule has 0 nitrogen and oxygen atoms in total. The number of hydrogen-bond acceptors (Lipinski definition) is 0. The Balaban J connectivity index is 2.78. The Bertz CT molecular complexity index is 225. The molecule has 0 saturated carbocycles. The van der Waals surface area contributed by atoms with Crippen molar-refractivity contribution in [2.45, 2.75) is 34.6 Å². The van der Waals surface area contributed by atoms with E-state index in [1.165, 1.54) is 5.57 Å². The van der Waals surface area contributed by atoms with Crippen LogP contribution in [0.4, 0.5) is 0 Å². The smallest absolute Gasteiger partial charge is 0.0334 e. The Hall–Kier alpha value is -0.650. The molecule has 0 radical (unpaired) electrons. The van der Waals surface area contributed by atoms with Gasteiger partial charge in [-0.05, 0) is 11.3 Å². The van der Waals surface area contributed by atoms with Crippen molar-refractivity contribution in [1.29, 1.82) is 0 Å². The van der Waals surface area contributed by atoms with Crippen LogP contribution in [0.15, 0.2) is 23.8 Å². The lowest BCUT2D eigenvalue weighted by molar-refractivity contribution is 0.243. The summed E-state index contributed by atoms with van der Waals surface area (Å²) in [5.41, 5.74) is 1.75. The lowest BCUT2D eigenvalue weighted by Crippen LogP contribution is -2.25. The predicted molar refractivity (Wildman–Crippen MR) is 59.3 cm³/mol. The summed E-state index contributed by atoms with van der Waals surface area (Å²) < 4.78 is 0. The summed E-state index contributed by atoms with van der Waals surface area (Å²) in [5, 5.41) is 0. The van der Waals surface area contributed by atoms with E-state index in [2.05, 4.69) is 59.3 Å². The van der Waals surface area contributed by atoms with E-state index in [0.717, 1.165) is 0 Å². The highest BCUT2D eigenvalue weighted by atomic mass is 14.3. The summed E-state index contributed by atoms with van der Waals surface area (Å²) in [6, 6.07) is 0. The molecule has 0 N–H and O–H groups in total. The van der Waals surface area contributed by atoms with Crippen molar-refractivity contribution in [3.63, 3.8) is 0 Å². The van der Waals surface area contributed by atoms with Gasteiger partial charge in [-0.3, -0.25) is 0 Å². The second-order valence-corrected chi connectivity index (χ2v) is 5.07. The van der Waals surface area contributed by atoms with E-state index in [0.29, 0.717) is 17.3 Å². The van der Waals surface area contributed by atoms with Gasteiger partial charge in [0.2, 0.25) is 0 Å². The zero-order valence-electron chi connectivity index (χ0n) is 9.46. The minimum Gasteiger partial charge on any atom is -0.196 e.